The molecule has 1 aromatic carbocycles. The summed E-state index contributed by atoms with van der Waals surface area (Å²) < 4.78 is 1.36. The fourth-order valence-electron chi connectivity index (χ4n) is 1.91. The molecule has 2 aromatic heterocycles. The summed E-state index contributed by atoms with van der Waals surface area (Å²) in [5.41, 5.74) is 2.46. The molecule has 0 saturated carbocycles. The lowest BCUT2D eigenvalue weighted by atomic mass is 10.1. The van der Waals surface area contributed by atoms with Gasteiger partial charge in [0.1, 0.15) is 12.9 Å². The third kappa shape index (κ3) is 3.73. The standard InChI is InChI=1S/C14H14N6OS/c1-10-2-4-11(5-3-10)6-12-7-15-14(22-12)17-13(21)8-20-9-16-18-19-20/h2-5,7,9H,6,8H2,1H3,(H,15,17,21). The van der Waals surface area contributed by atoms with Gasteiger partial charge in [-0.1, -0.05) is 29.8 Å². The Kier molecular flexibility index (Phi) is 4.19. The molecule has 22 heavy (non-hydrogen) atoms. The van der Waals surface area contributed by atoms with Crippen molar-refractivity contribution in [1.82, 2.24) is 25.2 Å². The number of hydrogen-bond donors (Lipinski definition) is 1. The Bertz CT molecular complexity index is 750. The van der Waals surface area contributed by atoms with Crippen molar-refractivity contribution in [1.29, 1.82) is 0 Å². The van der Waals surface area contributed by atoms with Crippen molar-refractivity contribution in [2.45, 2.75) is 19.9 Å². The summed E-state index contributed by atoms with van der Waals surface area (Å²) in [6.07, 6.45) is 3.99. The zero-order valence-corrected chi connectivity index (χ0v) is 12.7. The summed E-state index contributed by atoms with van der Waals surface area (Å²) in [5, 5.41) is 13.9. The van der Waals surface area contributed by atoms with E-state index in [1.807, 2.05) is 0 Å². The van der Waals surface area contributed by atoms with E-state index in [9.17, 15) is 4.79 Å². The first-order valence-corrected chi connectivity index (χ1v) is 7.51. The van der Waals surface area contributed by atoms with Crippen molar-refractivity contribution in [3.63, 3.8) is 0 Å². The Morgan fingerprint density at radius 3 is 2.86 bits per heavy atom. The molecule has 0 aliphatic carbocycles. The molecular weight excluding hydrogens is 300 g/mol. The highest BCUT2D eigenvalue weighted by Gasteiger charge is 2.08. The van der Waals surface area contributed by atoms with Crippen molar-refractivity contribution in [3.05, 3.63) is 52.8 Å². The van der Waals surface area contributed by atoms with Crippen LogP contribution in [0.3, 0.4) is 0 Å². The van der Waals surface area contributed by atoms with Gasteiger partial charge in [0.25, 0.3) is 0 Å². The number of nitrogens with one attached hydrogen (secondary N) is 1. The maximum Gasteiger partial charge on any atom is 0.248 e. The molecule has 0 aliphatic rings. The molecule has 3 rings (SSSR count). The topological polar surface area (TPSA) is 85.6 Å². The first-order chi connectivity index (χ1) is 10.7. The number of amides is 1. The molecule has 0 saturated heterocycles. The summed E-state index contributed by atoms with van der Waals surface area (Å²) in [6, 6.07) is 8.38. The van der Waals surface area contributed by atoms with E-state index < -0.39 is 0 Å². The smallest absolute Gasteiger partial charge is 0.248 e. The number of hydrogen-bond acceptors (Lipinski definition) is 6. The first kappa shape index (κ1) is 14.3. The van der Waals surface area contributed by atoms with Gasteiger partial charge in [0.15, 0.2) is 5.13 Å². The SMILES string of the molecule is Cc1ccc(Cc2cnc(NC(=O)Cn3cnnn3)s2)cc1. The summed E-state index contributed by atoms with van der Waals surface area (Å²) in [6.45, 7) is 2.13. The molecule has 0 aliphatic heterocycles. The van der Waals surface area contributed by atoms with Crippen LogP contribution in [0.5, 0.6) is 0 Å². The highest BCUT2D eigenvalue weighted by molar-refractivity contribution is 7.15. The molecule has 112 valence electrons. The van der Waals surface area contributed by atoms with Crippen LogP contribution in [0, 0.1) is 6.92 Å². The van der Waals surface area contributed by atoms with Gasteiger partial charge in [0.2, 0.25) is 5.91 Å². The Morgan fingerprint density at radius 1 is 1.32 bits per heavy atom. The second-order valence-electron chi connectivity index (χ2n) is 4.85. The lowest BCUT2D eigenvalue weighted by molar-refractivity contribution is -0.116. The molecule has 1 N–H and O–H groups in total. The minimum absolute atomic E-state index is 0.0693. The summed E-state index contributed by atoms with van der Waals surface area (Å²) >= 11 is 1.47. The lowest BCUT2D eigenvalue weighted by Gasteiger charge is -2.00. The lowest BCUT2D eigenvalue weighted by Crippen LogP contribution is -2.18. The number of carbonyl (C=O) groups is 1. The average Bonchev–Trinajstić information content (AvgIpc) is 3.14. The highest BCUT2D eigenvalue weighted by atomic mass is 32.1. The second kappa shape index (κ2) is 6.44. The number of anilines is 1. The monoisotopic (exact) mass is 314 g/mol. The molecule has 0 atom stereocenters. The molecule has 7 nitrogen and oxygen atoms in total. The quantitative estimate of drug-likeness (QED) is 0.774. The van der Waals surface area contributed by atoms with Gasteiger partial charge in [0.05, 0.1) is 0 Å². The van der Waals surface area contributed by atoms with E-state index in [0.717, 1.165) is 11.3 Å². The van der Waals surface area contributed by atoms with Crippen molar-refractivity contribution in [2.75, 3.05) is 5.32 Å². The van der Waals surface area contributed by atoms with Crippen LogP contribution < -0.4 is 5.32 Å². The molecule has 3 aromatic rings. The van der Waals surface area contributed by atoms with Gasteiger partial charge in [-0.25, -0.2) is 9.67 Å². The van der Waals surface area contributed by atoms with Crippen LogP contribution in [0.2, 0.25) is 0 Å². The van der Waals surface area contributed by atoms with E-state index in [1.54, 1.807) is 6.20 Å². The maximum atomic E-state index is 11.8. The number of tetrazole rings is 1. The van der Waals surface area contributed by atoms with E-state index in [0.29, 0.717) is 5.13 Å². The van der Waals surface area contributed by atoms with Crippen LogP contribution in [-0.2, 0) is 17.8 Å². The van der Waals surface area contributed by atoms with Crippen LogP contribution in [0.25, 0.3) is 0 Å². The van der Waals surface area contributed by atoms with Crippen LogP contribution in [0.15, 0.2) is 36.8 Å². The minimum Gasteiger partial charge on any atom is -0.300 e. The predicted molar refractivity (Wildman–Crippen MR) is 82.5 cm³/mol. The largest absolute Gasteiger partial charge is 0.300 e. The molecule has 0 fully saturated rings. The highest BCUT2D eigenvalue weighted by Crippen LogP contribution is 2.21. The summed E-state index contributed by atoms with van der Waals surface area (Å²) in [5.74, 6) is -0.205. The van der Waals surface area contributed by atoms with E-state index in [4.69, 9.17) is 0 Å². The fourth-order valence-corrected chi connectivity index (χ4v) is 2.78. The van der Waals surface area contributed by atoms with Crippen molar-refractivity contribution in [3.8, 4) is 0 Å². The Morgan fingerprint density at radius 2 is 2.14 bits per heavy atom. The second-order valence-corrected chi connectivity index (χ2v) is 5.96. The number of carbonyl (C=O) groups excluding carboxylic acids is 1. The average molecular weight is 314 g/mol. The van der Waals surface area contributed by atoms with Crippen molar-refractivity contribution >= 4 is 22.4 Å². The van der Waals surface area contributed by atoms with Gasteiger partial charge in [-0.15, -0.1) is 16.4 Å². The van der Waals surface area contributed by atoms with Crippen LogP contribution in [0.4, 0.5) is 5.13 Å². The van der Waals surface area contributed by atoms with Gasteiger partial charge < -0.3 is 5.32 Å². The van der Waals surface area contributed by atoms with Gasteiger partial charge in [0, 0.05) is 17.5 Å². The molecular formula is C14H14N6OS. The zero-order valence-electron chi connectivity index (χ0n) is 11.9. The Balaban J connectivity index is 1.58. The fraction of sp³-hybridized carbons (Fsp3) is 0.214. The number of aryl methyl sites for hydroxylation is 1. The van der Waals surface area contributed by atoms with Gasteiger partial charge in [-0.2, -0.15) is 0 Å². The molecule has 8 heteroatoms. The van der Waals surface area contributed by atoms with Gasteiger partial charge >= 0.3 is 0 Å². The molecule has 0 bridgehead atoms. The van der Waals surface area contributed by atoms with Gasteiger partial charge in [-0.05, 0) is 22.9 Å². The Labute approximate surface area is 131 Å². The number of rotatable bonds is 5. The number of aromatic nitrogens is 5. The van der Waals surface area contributed by atoms with E-state index >= 15 is 0 Å². The zero-order chi connectivity index (χ0) is 15.4. The molecule has 0 unspecified atom stereocenters. The minimum atomic E-state index is -0.205. The third-order valence-electron chi connectivity index (χ3n) is 3.00. The van der Waals surface area contributed by atoms with E-state index in [1.165, 1.54) is 33.5 Å². The van der Waals surface area contributed by atoms with Gasteiger partial charge in [-0.3, -0.25) is 4.79 Å². The number of benzene rings is 1. The van der Waals surface area contributed by atoms with Crippen LogP contribution >= 0.6 is 11.3 Å². The molecule has 2 heterocycles. The van der Waals surface area contributed by atoms with Crippen molar-refractivity contribution < 1.29 is 4.79 Å². The maximum absolute atomic E-state index is 11.8. The van der Waals surface area contributed by atoms with Crippen molar-refractivity contribution in [2.24, 2.45) is 0 Å². The summed E-state index contributed by atoms with van der Waals surface area (Å²) in [7, 11) is 0. The summed E-state index contributed by atoms with van der Waals surface area (Å²) in [4.78, 5) is 17.1. The third-order valence-corrected chi connectivity index (χ3v) is 3.91. The molecule has 1 amide bonds. The van der Waals surface area contributed by atoms with Crippen LogP contribution in [-0.4, -0.2) is 31.1 Å². The van der Waals surface area contributed by atoms with E-state index in [-0.39, 0.29) is 12.5 Å². The Hall–Kier alpha value is -2.61. The van der Waals surface area contributed by atoms with E-state index in [2.05, 4.69) is 57.0 Å². The first-order valence-electron chi connectivity index (χ1n) is 6.70. The number of thiazole rings is 1. The van der Waals surface area contributed by atoms with Crippen LogP contribution in [0.1, 0.15) is 16.0 Å². The predicted octanol–water partition coefficient (Wildman–Crippen LogP) is 1.67. The normalized spacial score (nSPS) is 10.6. The number of nitrogens with zero attached hydrogens (tertiary/aromatic N) is 5. The molecule has 0 radical (unpaired) electrons. The molecule has 0 spiro atoms.